The van der Waals surface area contributed by atoms with E-state index in [1.54, 1.807) is 14.2 Å². The quantitative estimate of drug-likeness (QED) is 0.468. The van der Waals surface area contributed by atoms with Gasteiger partial charge in [-0.2, -0.15) is 0 Å². The summed E-state index contributed by atoms with van der Waals surface area (Å²) in [6.45, 7) is 8.31. The molecule has 0 aromatic rings. The number of hydrogen-bond acceptors (Lipinski definition) is 6. The molecule has 0 aromatic carbocycles. The van der Waals surface area contributed by atoms with Crippen LogP contribution in [0.2, 0.25) is 0 Å². The number of nitrogens with zero attached hydrogens (tertiary/aromatic N) is 1. The van der Waals surface area contributed by atoms with E-state index in [9.17, 15) is 0 Å². The molecule has 1 atom stereocenters. The highest BCUT2D eigenvalue weighted by Crippen LogP contribution is 2.15. The predicted octanol–water partition coefficient (Wildman–Crippen LogP) is 0.366. The number of ether oxygens (including phenoxy) is 4. The molecule has 126 valence electrons. The maximum Gasteiger partial charge on any atom is 0.0701 e. The minimum atomic E-state index is 0.640. The molecule has 1 aliphatic heterocycles. The summed E-state index contributed by atoms with van der Waals surface area (Å²) < 4.78 is 20.9. The van der Waals surface area contributed by atoms with Gasteiger partial charge in [-0.1, -0.05) is 0 Å². The Labute approximate surface area is 129 Å². The van der Waals surface area contributed by atoms with Crippen molar-refractivity contribution in [3.63, 3.8) is 0 Å². The molecule has 1 aliphatic rings. The van der Waals surface area contributed by atoms with Crippen molar-refractivity contribution in [2.45, 2.75) is 18.9 Å². The Hall–Kier alpha value is -0.240. The van der Waals surface area contributed by atoms with Crippen LogP contribution in [-0.4, -0.2) is 91.0 Å². The Bertz CT molecular complexity index is 232. The number of methoxy groups -OCH3 is 2. The first-order valence-corrected chi connectivity index (χ1v) is 7.96. The molecule has 1 unspecified atom stereocenters. The molecule has 0 aromatic heterocycles. The van der Waals surface area contributed by atoms with E-state index in [1.807, 2.05) is 0 Å². The van der Waals surface area contributed by atoms with Crippen molar-refractivity contribution in [3.8, 4) is 0 Å². The zero-order valence-electron chi connectivity index (χ0n) is 13.6. The fourth-order valence-electron chi connectivity index (χ4n) is 2.51. The molecular formula is C15H32N2O4. The van der Waals surface area contributed by atoms with Crippen molar-refractivity contribution in [2.24, 2.45) is 0 Å². The van der Waals surface area contributed by atoms with E-state index < -0.39 is 0 Å². The van der Waals surface area contributed by atoms with Gasteiger partial charge in [0.05, 0.1) is 39.6 Å². The number of hydrogen-bond donors (Lipinski definition) is 1. The molecule has 1 fully saturated rings. The van der Waals surface area contributed by atoms with E-state index in [-0.39, 0.29) is 0 Å². The van der Waals surface area contributed by atoms with E-state index in [1.165, 1.54) is 19.4 Å². The summed E-state index contributed by atoms with van der Waals surface area (Å²) in [5, 5.41) is 3.45. The lowest BCUT2D eigenvalue weighted by molar-refractivity contribution is 0.0187. The van der Waals surface area contributed by atoms with Crippen molar-refractivity contribution in [1.29, 1.82) is 0 Å². The van der Waals surface area contributed by atoms with Crippen LogP contribution in [0, 0.1) is 0 Å². The first kappa shape index (κ1) is 18.8. The van der Waals surface area contributed by atoms with Crippen LogP contribution in [0.1, 0.15) is 12.8 Å². The Morgan fingerprint density at radius 1 is 0.952 bits per heavy atom. The summed E-state index contributed by atoms with van der Waals surface area (Å²) in [6, 6.07) is 0.642. The summed E-state index contributed by atoms with van der Waals surface area (Å²) in [6.07, 6.45) is 2.57. The summed E-state index contributed by atoms with van der Waals surface area (Å²) >= 11 is 0. The average Bonchev–Trinajstić information content (AvgIpc) is 2.94. The SMILES string of the molecule is COCCNCC1CCCN1CCOCCOCCOC. The first-order chi connectivity index (χ1) is 10.4. The molecule has 0 radical (unpaired) electrons. The van der Waals surface area contributed by atoms with Crippen molar-refractivity contribution in [1.82, 2.24) is 10.2 Å². The van der Waals surface area contributed by atoms with Crippen molar-refractivity contribution >= 4 is 0 Å². The van der Waals surface area contributed by atoms with Gasteiger partial charge in [0.25, 0.3) is 0 Å². The number of likely N-dealkylation sites (tertiary alicyclic amines) is 1. The third-order valence-electron chi connectivity index (χ3n) is 3.69. The maximum atomic E-state index is 5.62. The highest BCUT2D eigenvalue weighted by molar-refractivity contribution is 4.80. The van der Waals surface area contributed by atoms with Gasteiger partial charge in [-0.05, 0) is 19.4 Å². The van der Waals surface area contributed by atoms with E-state index in [0.29, 0.717) is 32.5 Å². The largest absolute Gasteiger partial charge is 0.383 e. The minimum Gasteiger partial charge on any atom is -0.383 e. The second-order valence-electron chi connectivity index (χ2n) is 5.25. The van der Waals surface area contributed by atoms with Gasteiger partial charge in [0.1, 0.15) is 0 Å². The molecule has 1 N–H and O–H groups in total. The minimum absolute atomic E-state index is 0.640. The maximum absolute atomic E-state index is 5.62. The van der Waals surface area contributed by atoms with Crippen LogP contribution in [0.3, 0.4) is 0 Å². The molecule has 6 heteroatoms. The van der Waals surface area contributed by atoms with Gasteiger partial charge in [0.15, 0.2) is 0 Å². The first-order valence-electron chi connectivity index (χ1n) is 7.96. The average molecular weight is 304 g/mol. The van der Waals surface area contributed by atoms with Gasteiger partial charge in [-0.3, -0.25) is 4.90 Å². The lowest BCUT2D eigenvalue weighted by Gasteiger charge is -2.24. The number of nitrogens with one attached hydrogen (secondary N) is 1. The second-order valence-corrected chi connectivity index (χ2v) is 5.25. The van der Waals surface area contributed by atoms with Crippen LogP contribution >= 0.6 is 0 Å². The third kappa shape index (κ3) is 9.39. The van der Waals surface area contributed by atoms with Crippen molar-refractivity contribution in [2.75, 3.05) is 80.0 Å². The standard InChI is InChI=1S/C15H32N2O4/c1-18-8-5-16-14-15-4-3-6-17(15)7-9-20-12-13-21-11-10-19-2/h15-16H,3-14H2,1-2H3. The van der Waals surface area contributed by atoms with Crippen LogP contribution in [0.5, 0.6) is 0 Å². The number of rotatable bonds is 14. The molecule has 1 rings (SSSR count). The van der Waals surface area contributed by atoms with Crippen molar-refractivity contribution < 1.29 is 18.9 Å². The van der Waals surface area contributed by atoms with Crippen LogP contribution in [0.4, 0.5) is 0 Å². The molecular weight excluding hydrogens is 272 g/mol. The Morgan fingerprint density at radius 3 is 2.43 bits per heavy atom. The van der Waals surface area contributed by atoms with Crippen LogP contribution in [0.15, 0.2) is 0 Å². The topological polar surface area (TPSA) is 52.2 Å². The third-order valence-corrected chi connectivity index (χ3v) is 3.69. The molecule has 0 aliphatic carbocycles. The molecule has 21 heavy (non-hydrogen) atoms. The monoisotopic (exact) mass is 304 g/mol. The fraction of sp³-hybridized carbons (Fsp3) is 1.00. The second kappa shape index (κ2) is 13.4. The molecule has 0 amide bonds. The summed E-state index contributed by atoms with van der Waals surface area (Å²) in [5.74, 6) is 0. The lowest BCUT2D eigenvalue weighted by Crippen LogP contribution is -2.40. The lowest BCUT2D eigenvalue weighted by atomic mass is 10.2. The molecule has 0 bridgehead atoms. The van der Waals surface area contributed by atoms with Crippen molar-refractivity contribution in [3.05, 3.63) is 0 Å². The van der Waals surface area contributed by atoms with E-state index in [4.69, 9.17) is 18.9 Å². The smallest absolute Gasteiger partial charge is 0.0701 e. The summed E-state index contributed by atoms with van der Waals surface area (Å²) in [5.41, 5.74) is 0. The molecule has 0 saturated carbocycles. The van der Waals surface area contributed by atoms with Crippen LogP contribution in [0.25, 0.3) is 0 Å². The fourth-order valence-corrected chi connectivity index (χ4v) is 2.51. The highest BCUT2D eigenvalue weighted by atomic mass is 16.5. The molecule has 0 spiro atoms. The summed E-state index contributed by atoms with van der Waals surface area (Å²) in [7, 11) is 3.41. The van der Waals surface area contributed by atoms with Gasteiger partial charge in [0, 0.05) is 39.9 Å². The van der Waals surface area contributed by atoms with E-state index >= 15 is 0 Å². The van der Waals surface area contributed by atoms with E-state index in [0.717, 1.165) is 32.8 Å². The predicted molar refractivity (Wildman–Crippen MR) is 82.9 cm³/mol. The zero-order chi connectivity index (χ0) is 15.2. The van der Waals surface area contributed by atoms with Crippen LogP contribution in [-0.2, 0) is 18.9 Å². The molecule has 1 saturated heterocycles. The van der Waals surface area contributed by atoms with E-state index in [2.05, 4.69) is 10.2 Å². The van der Waals surface area contributed by atoms with Gasteiger partial charge in [0.2, 0.25) is 0 Å². The van der Waals surface area contributed by atoms with Gasteiger partial charge < -0.3 is 24.3 Å². The molecule has 6 nitrogen and oxygen atoms in total. The Balaban J connectivity index is 1.95. The zero-order valence-corrected chi connectivity index (χ0v) is 13.6. The summed E-state index contributed by atoms with van der Waals surface area (Å²) in [4.78, 5) is 2.52. The normalized spacial score (nSPS) is 19.4. The van der Waals surface area contributed by atoms with Gasteiger partial charge in [-0.25, -0.2) is 0 Å². The van der Waals surface area contributed by atoms with Gasteiger partial charge >= 0.3 is 0 Å². The molecule has 1 heterocycles. The highest BCUT2D eigenvalue weighted by Gasteiger charge is 2.23. The van der Waals surface area contributed by atoms with Gasteiger partial charge in [-0.15, -0.1) is 0 Å². The Morgan fingerprint density at radius 2 is 1.67 bits per heavy atom. The van der Waals surface area contributed by atoms with Crippen LogP contribution < -0.4 is 5.32 Å². The Kier molecular flexibility index (Phi) is 12.0.